The Labute approximate surface area is 313 Å². The summed E-state index contributed by atoms with van der Waals surface area (Å²) >= 11 is 0. The summed E-state index contributed by atoms with van der Waals surface area (Å²) in [5, 5.41) is 6.33. The average Bonchev–Trinajstić information content (AvgIpc) is 3.71. The zero-order chi connectivity index (χ0) is 35.6. The van der Waals surface area contributed by atoms with Crippen LogP contribution in [0.15, 0.2) is 206 Å². The van der Waals surface area contributed by atoms with Gasteiger partial charge in [-0.1, -0.05) is 194 Å². The Morgan fingerprint density at radius 3 is 1.11 bits per heavy atom. The highest BCUT2D eigenvalue weighted by molar-refractivity contribution is 8.13. The molecule has 0 radical (unpaired) electrons. The van der Waals surface area contributed by atoms with Crippen LogP contribution in [0, 0.1) is 0 Å². The molecule has 0 bridgehead atoms. The summed E-state index contributed by atoms with van der Waals surface area (Å²) in [5.74, 6) is 0. The summed E-state index contributed by atoms with van der Waals surface area (Å²) < 4.78 is 15.9. The molecule has 4 heteroatoms. The van der Waals surface area contributed by atoms with Crippen molar-refractivity contribution in [3.8, 4) is 22.3 Å². The van der Waals surface area contributed by atoms with Crippen molar-refractivity contribution in [2.45, 2.75) is 5.41 Å². The molecule has 1 spiro atoms. The van der Waals surface area contributed by atoms with E-state index in [9.17, 15) is 0 Å². The van der Waals surface area contributed by atoms with Crippen LogP contribution in [0.1, 0.15) is 22.3 Å². The Kier molecular flexibility index (Phi) is 7.58. The van der Waals surface area contributed by atoms with Gasteiger partial charge < -0.3 is 4.57 Å². The van der Waals surface area contributed by atoms with E-state index in [1.165, 1.54) is 60.4 Å². The standard InChI is InChI=1S/C49H35OP3/c50-52(35-17-5-1-6-18-35,36-19-7-2-8-20-36)39-29-31-43-44-32-30-40(53(51,37-21-9-3-10-22-37)38-23-11-4-12-24-38)34-48(44)49(47(43)33-39)45-27-15-13-25-41(45)42-26-14-16-28-46(42)49/h1-34,51H. The smallest absolute Gasteiger partial charge is 0.171 e. The maximum atomic E-state index is 15.9. The third kappa shape index (κ3) is 4.59. The summed E-state index contributed by atoms with van der Waals surface area (Å²) in [6, 6.07) is 73.4. The Morgan fingerprint density at radius 2 is 0.660 bits per heavy atom. The Morgan fingerprint density at radius 1 is 0.321 bits per heavy atom. The van der Waals surface area contributed by atoms with Gasteiger partial charge in [0.1, 0.15) is 0 Å². The van der Waals surface area contributed by atoms with E-state index in [2.05, 4.69) is 154 Å². The highest BCUT2D eigenvalue weighted by Gasteiger charge is 2.52. The Bertz CT molecular complexity index is 2500. The van der Waals surface area contributed by atoms with E-state index in [-0.39, 0.29) is 0 Å². The number of rotatable bonds is 6. The predicted molar refractivity (Wildman–Crippen MR) is 229 cm³/mol. The molecule has 252 valence electrons. The molecule has 0 N–H and O–H groups in total. The third-order valence-electron chi connectivity index (χ3n) is 11.3. The van der Waals surface area contributed by atoms with E-state index in [1.54, 1.807) is 0 Å². The van der Waals surface area contributed by atoms with Crippen molar-refractivity contribution >= 4 is 54.0 Å². The van der Waals surface area contributed by atoms with Crippen LogP contribution in [0.5, 0.6) is 0 Å². The molecule has 8 aromatic carbocycles. The van der Waals surface area contributed by atoms with Gasteiger partial charge in [-0.05, 0) is 79.1 Å². The van der Waals surface area contributed by atoms with Crippen molar-refractivity contribution in [1.29, 1.82) is 0 Å². The van der Waals surface area contributed by atoms with Crippen molar-refractivity contribution in [1.82, 2.24) is 0 Å². The fourth-order valence-corrected chi connectivity index (χ4v) is 15.7. The van der Waals surface area contributed by atoms with Crippen LogP contribution < -0.4 is 31.8 Å². The first-order valence-corrected chi connectivity index (χ1v) is 22.9. The van der Waals surface area contributed by atoms with Gasteiger partial charge in [0.25, 0.3) is 0 Å². The minimum Gasteiger partial charge on any atom is -0.309 e. The molecule has 0 saturated heterocycles. The quantitative estimate of drug-likeness (QED) is 0.156. The number of fused-ring (bicyclic) bond motifs is 10. The molecule has 2 aliphatic carbocycles. The zero-order valence-electron chi connectivity index (χ0n) is 28.9. The van der Waals surface area contributed by atoms with Gasteiger partial charge in [0.15, 0.2) is 7.14 Å². The molecule has 53 heavy (non-hydrogen) atoms. The van der Waals surface area contributed by atoms with Crippen LogP contribution in [-0.2, 0) is 9.98 Å². The fraction of sp³-hybridized carbons (Fsp3) is 0.0204. The molecule has 0 aromatic heterocycles. The summed E-state index contributed by atoms with van der Waals surface area (Å²) in [5.41, 5.74) is 9.28. The van der Waals surface area contributed by atoms with E-state index in [4.69, 9.17) is 0 Å². The molecule has 0 atom stereocenters. The molecule has 0 saturated carbocycles. The number of benzene rings is 8. The van der Waals surface area contributed by atoms with E-state index in [0.29, 0.717) is 0 Å². The van der Waals surface area contributed by atoms with Gasteiger partial charge in [-0.15, -0.1) is 8.53 Å². The van der Waals surface area contributed by atoms with Crippen LogP contribution in [0.2, 0.25) is 0 Å². The molecule has 0 unspecified atom stereocenters. The normalized spacial score (nSPS) is 13.6. The third-order valence-corrected chi connectivity index (χ3v) is 19.9. The molecule has 8 aromatic rings. The molecule has 2 aliphatic rings. The maximum absolute atomic E-state index is 15.9. The summed E-state index contributed by atoms with van der Waals surface area (Å²) in [4.78, 5) is 0. The predicted octanol–water partition coefficient (Wildman–Crippen LogP) is 10.0. The second kappa shape index (κ2) is 12.4. The van der Waals surface area contributed by atoms with Gasteiger partial charge in [0, 0.05) is 15.9 Å². The lowest BCUT2D eigenvalue weighted by molar-refractivity contribution is 0.592. The molecular weight excluding hydrogens is 697 g/mol. The van der Waals surface area contributed by atoms with Gasteiger partial charge in [-0.25, -0.2) is 0 Å². The molecule has 1 nitrogen and oxygen atoms in total. The van der Waals surface area contributed by atoms with Crippen LogP contribution in [-0.4, -0.2) is 0 Å². The van der Waals surface area contributed by atoms with Crippen molar-refractivity contribution in [3.05, 3.63) is 229 Å². The van der Waals surface area contributed by atoms with Crippen LogP contribution in [0.4, 0.5) is 0 Å². The zero-order valence-corrected chi connectivity index (χ0v) is 31.7. The lowest BCUT2D eigenvalue weighted by Crippen LogP contribution is -2.30. The summed E-state index contributed by atoms with van der Waals surface area (Å²) in [6.07, 6.45) is 0. The van der Waals surface area contributed by atoms with Crippen LogP contribution in [0.25, 0.3) is 22.3 Å². The molecule has 0 aliphatic heterocycles. The van der Waals surface area contributed by atoms with Crippen molar-refractivity contribution in [3.63, 3.8) is 0 Å². The first kappa shape index (κ1) is 32.4. The largest absolute Gasteiger partial charge is 0.309 e. The van der Waals surface area contributed by atoms with Gasteiger partial charge in [-0.3, -0.25) is 0 Å². The minimum absolute atomic E-state index is 0.605. The number of hydrogen-bond acceptors (Lipinski definition) is 1. The van der Waals surface area contributed by atoms with Gasteiger partial charge in [0.05, 0.1) is 5.41 Å². The van der Waals surface area contributed by atoms with Crippen molar-refractivity contribution in [2.24, 2.45) is 0 Å². The molecule has 0 heterocycles. The van der Waals surface area contributed by atoms with Crippen LogP contribution in [0.3, 0.4) is 0 Å². The van der Waals surface area contributed by atoms with E-state index >= 15 is 4.57 Å². The second-order valence-corrected chi connectivity index (χ2v) is 21.6. The average molecular weight is 733 g/mol. The highest BCUT2D eigenvalue weighted by atomic mass is 31.8. The first-order valence-electron chi connectivity index (χ1n) is 18.0. The molecular formula is C49H35OP3. The van der Waals surface area contributed by atoms with Crippen LogP contribution >= 0.6 is 22.2 Å². The van der Waals surface area contributed by atoms with Gasteiger partial charge in [-0.2, -0.15) is 0 Å². The topological polar surface area (TPSA) is 17.1 Å². The second-order valence-electron chi connectivity index (χ2n) is 13.9. The van der Waals surface area contributed by atoms with Gasteiger partial charge >= 0.3 is 0 Å². The Hall–Kier alpha value is -5.28. The monoisotopic (exact) mass is 732 g/mol. The molecule has 0 amide bonds. The summed E-state index contributed by atoms with van der Waals surface area (Å²) in [7, 11) is 1.30. The van der Waals surface area contributed by atoms with E-state index in [0.717, 1.165) is 15.9 Å². The number of hydrogen-bond donors (Lipinski definition) is 0. The Balaban J connectivity index is 1.30. The van der Waals surface area contributed by atoms with E-state index in [1.807, 2.05) is 60.7 Å². The maximum Gasteiger partial charge on any atom is 0.171 e. The fourth-order valence-electron chi connectivity index (χ4n) is 8.99. The minimum atomic E-state index is -3.25. The SMILES string of the molecule is O=P(c1ccccc1)(c1ccccc1)c1ccc2c(c1)C1(c3ccccc3-c3ccccc31)c1cc(P(=P)(c3ccccc3)c3ccccc3)ccc1-2. The van der Waals surface area contributed by atoms with Gasteiger partial charge in [0.2, 0.25) is 0 Å². The van der Waals surface area contributed by atoms with Crippen molar-refractivity contribution < 1.29 is 4.57 Å². The lowest BCUT2D eigenvalue weighted by atomic mass is 9.70. The molecule has 10 rings (SSSR count). The lowest BCUT2D eigenvalue weighted by Gasteiger charge is -2.33. The summed E-state index contributed by atoms with van der Waals surface area (Å²) in [6.45, 7) is -2.24. The van der Waals surface area contributed by atoms with Crippen molar-refractivity contribution in [2.75, 3.05) is 0 Å². The molecule has 0 fully saturated rings. The first-order chi connectivity index (χ1) is 26.1. The van der Waals surface area contributed by atoms with E-state index < -0.39 is 19.1 Å². The highest BCUT2D eigenvalue weighted by Crippen LogP contribution is 2.63.